The Morgan fingerprint density at radius 2 is 2.27 bits per heavy atom. The number of nitrogens with one attached hydrogen (secondary N) is 1. The minimum Gasteiger partial charge on any atom is -0.378 e. The van der Waals surface area contributed by atoms with Crippen molar-refractivity contribution in [2.24, 2.45) is 0 Å². The summed E-state index contributed by atoms with van der Waals surface area (Å²) in [5.74, 6) is 0. The van der Waals surface area contributed by atoms with Gasteiger partial charge >= 0.3 is 0 Å². The van der Waals surface area contributed by atoms with Gasteiger partial charge in [0, 0.05) is 25.8 Å². The molecule has 0 aromatic rings. The van der Waals surface area contributed by atoms with Crippen molar-refractivity contribution in [1.82, 2.24) is 5.32 Å². The smallest absolute Gasteiger partial charge is 0.0779 e. The third-order valence-corrected chi connectivity index (χ3v) is 3.55. The molecular formula is C12H23NO2. The highest BCUT2D eigenvalue weighted by atomic mass is 16.5. The monoisotopic (exact) mass is 213 g/mol. The van der Waals surface area contributed by atoms with Gasteiger partial charge in [-0.25, -0.2) is 0 Å². The summed E-state index contributed by atoms with van der Waals surface area (Å²) in [6, 6.07) is 0.620. The summed E-state index contributed by atoms with van der Waals surface area (Å²) in [6.45, 7) is 7.19. The fraction of sp³-hybridized carbons (Fsp3) is 1.00. The van der Waals surface area contributed by atoms with E-state index in [0.717, 1.165) is 32.6 Å². The Balaban J connectivity index is 1.72. The summed E-state index contributed by atoms with van der Waals surface area (Å²) in [5.41, 5.74) is 0.0849. The van der Waals surface area contributed by atoms with Crippen LogP contribution in [0.1, 0.15) is 39.5 Å². The van der Waals surface area contributed by atoms with Crippen LogP contribution in [0.2, 0.25) is 0 Å². The van der Waals surface area contributed by atoms with Crippen LogP contribution in [0.3, 0.4) is 0 Å². The van der Waals surface area contributed by atoms with Crippen LogP contribution < -0.4 is 5.32 Å². The van der Waals surface area contributed by atoms with Crippen LogP contribution in [0.15, 0.2) is 0 Å². The molecule has 1 N–H and O–H groups in total. The molecule has 3 atom stereocenters. The molecule has 88 valence electrons. The quantitative estimate of drug-likeness (QED) is 0.774. The molecule has 0 aromatic heterocycles. The lowest BCUT2D eigenvalue weighted by Crippen LogP contribution is -2.45. The summed E-state index contributed by atoms with van der Waals surface area (Å²) >= 11 is 0. The molecule has 2 aliphatic heterocycles. The van der Waals surface area contributed by atoms with Crippen molar-refractivity contribution in [3.8, 4) is 0 Å². The highest BCUT2D eigenvalue weighted by Gasteiger charge is 2.30. The highest BCUT2D eigenvalue weighted by molar-refractivity contribution is 4.85. The van der Waals surface area contributed by atoms with Crippen molar-refractivity contribution in [3.05, 3.63) is 0 Å². The van der Waals surface area contributed by atoms with Gasteiger partial charge in [0.05, 0.1) is 11.7 Å². The lowest BCUT2D eigenvalue weighted by Gasteiger charge is -2.31. The largest absolute Gasteiger partial charge is 0.378 e. The van der Waals surface area contributed by atoms with E-state index in [1.165, 1.54) is 12.8 Å². The minimum atomic E-state index is 0.0849. The van der Waals surface area contributed by atoms with Crippen LogP contribution in [-0.4, -0.2) is 37.5 Å². The Labute approximate surface area is 92.5 Å². The predicted octanol–water partition coefficient (Wildman–Crippen LogP) is 1.71. The van der Waals surface area contributed by atoms with Gasteiger partial charge in [-0.3, -0.25) is 0 Å². The van der Waals surface area contributed by atoms with Crippen LogP contribution >= 0.6 is 0 Å². The summed E-state index contributed by atoms with van der Waals surface area (Å²) in [6.07, 6.45) is 5.09. The van der Waals surface area contributed by atoms with Gasteiger partial charge in [0.1, 0.15) is 0 Å². The zero-order valence-corrected chi connectivity index (χ0v) is 9.92. The van der Waals surface area contributed by atoms with Gasteiger partial charge < -0.3 is 14.8 Å². The maximum Gasteiger partial charge on any atom is 0.0779 e. The van der Waals surface area contributed by atoms with E-state index < -0.39 is 0 Å². The molecule has 2 saturated heterocycles. The molecule has 0 spiro atoms. The van der Waals surface area contributed by atoms with Crippen LogP contribution in [0.5, 0.6) is 0 Å². The standard InChI is InChI=1S/C12H23NO2/c1-10-8-11(4-7-14-10)13-9-12(2)5-3-6-15-12/h10-11,13H,3-9H2,1-2H3. The molecule has 0 saturated carbocycles. The molecule has 0 aliphatic carbocycles. The second kappa shape index (κ2) is 4.81. The van der Waals surface area contributed by atoms with Crippen molar-refractivity contribution in [2.45, 2.75) is 57.3 Å². The van der Waals surface area contributed by atoms with E-state index in [1.54, 1.807) is 0 Å². The number of ether oxygens (including phenoxy) is 2. The molecule has 2 fully saturated rings. The SMILES string of the molecule is CC1CC(NCC2(C)CCCO2)CCO1. The molecular weight excluding hydrogens is 190 g/mol. The molecule has 0 radical (unpaired) electrons. The predicted molar refractivity (Wildman–Crippen MR) is 60.0 cm³/mol. The van der Waals surface area contributed by atoms with Crippen molar-refractivity contribution in [2.75, 3.05) is 19.8 Å². The summed E-state index contributed by atoms with van der Waals surface area (Å²) < 4.78 is 11.3. The first-order valence-electron chi connectivity index (χ1n) is 6.17. The molecule has 0 aromatic carbocycles. The van der Waals surface area contributed by atoms with Gasteiger partial charge in [0.2, 0.25) is 0 Å². The van der Waals surface area contributed by atoms with Gasteiger partial charge in [0.15, 0.2) is 0 Å². The maximum absolute atomic E-state index is 5.76. The average Bonchev–Trinajstić information content (AvgIpc) is 2.63. The Morgan fingerprint density at radius 1 is 1.40 bits per heavy atom. The molecule has 2 aliphatic rings. The average molecular weight is 213 g/mol. The molecule has 0 amide bonds. The van der Waals surface area contributed by atoms with Gasteiger partial charge in [-0.1, -0.05) is 0 Å². The lowest BCUT2D eigenvalue weighted by molar-refractivity contribution is -0.00499. The first kappa shape index (κ1) is 11.4. The normalized spacial score (nSPS) is 42.0. The van der Waals surface area contributed by atoms with Crippen molar-refractivity contribution < 1.29 is 9.47 Å². The Kier molecular flexibility index (Phi) is 3.65. The second-order valence-corrected chi connectivity index (χ2v) is 5.19. The van der Waals surface area contributed by atoms with Crippen molar-refractivity contribution in [3.63, 3.8) is 0 Å². The number of rotatable bonds is 3. The molecule has 2 rings (SSSR count). The van der Waals surface area contributed by atoms with E-state index in [-0.39, 0.29) is 5.60 Å². The minimum absolute atomic E-state index is 0.0849. The van der Waals surface area contributed by atoms with E-state index in [4.69, 9.17) is 9.47 Å². The second-order valence-electron chi connectivity index (χ2n) is 5.19. The highest BCUT2D eigenvalue weighted by Crippen LogP contribution is 2.24. The third kappa shape index (κ3) is 3.16. The molecule has 15 heavy (non-hydrogen) atoms. The van der Waals surface area contributed by atoms with Crippen LogP contribution in [0.25, 0.3) is 0 Å². The van der Waals surface area contributed by atoms with Crippen molar-refractivity contribution in [1.29, 1.82) is 0 Å². The summed E-state index contributed by atoms with van der Waals surface area (Å²) in [5, 5.41) is 3.63. The molecule has 3 heteroatoms. The lowest BCUT2D eigenvalue weighted by atomic mass is 10.00. The first-order chi connectivity index (χ1) is 7.18. The van der Waals surface area contributed by atoms with Gasteiger partial charge in [-0.2, -0.15) is 0 Å². The summed E-state index contributed by atoms with van der Waals surface area (Å²) in [7, 11) is 0. The summed E-state index contributed by atoms with van der Waals surface area (Å²) in [4.78, 5) is 0. The fourth-order valence-electron chi connectivity index (χ4n) is 2.52. The van der Waals surface area contributed by atoms with Gasteiger partial charge in [0.25, 0.3) is 0 Å². The first-order valence-corrected chi connectivity index (χ1v) is 6.17. The van der Waals surface area contributed by atoms with Crippen LogP contribution in [0.4, 0.5) is 0 Å². The zero-order valence-electron chi connectivity index (χ0n) is 9.92. The Hall–Kier alpha value is -0.120. The zero-order chi connectivity index (χ0) is 10.7. The van der Waals surface area contributed by atoms with E-state index in [0.29, 0.717) is 12.1 Å². The van der Waals surface area contributed by atoms with Gasteiger partial charge in [-0.05, 0) is 39.5 Å². The van der Waals surface area contributed by atoms with E-state index in [9.17, 15) is 0 Å². The molecule has 2 heterocycles. The fourth-order valence-corrected chi connectivity index (χ4v) is 2.52. The third-order valence-electron chi connectivity index (χ3n) is 3.55. The maximum atomic E-state index is 5.76. The van der Waals surface area contributed by atoms with Crippen LogP contribution in [0, 0.1) is 0 Å². The number of hydrogen-bond acceptors (Lipinski definition) is 3. The topological polar surface area (TPSA) is 30.5 Å². The molecule has 3 nitrogen and oxygen atoms in total. The van der Waals surface area contributed by atoms with E-state index in [1.807, 2.05) is 0 Å². The van der Waals surface area contributed by atoms with E-state index in [2.05, 4.69) is 19.2 Å². The Bertz CT molecular complexity index is 202. The van der Waals surface area contributed by atoms with Crippen LogP contribution in [-0.2, 0) is 9.47 Å². The molecule has 0 bridgehead atoms. The molecule has 3 unspecified atom stereocenters. The number of hydrogen-bond donors (Lipinski definition) is 1. The van der Waals surface area contributed by atoms with Crippen molar-refractivity contribution >= 4 is 0 Å². The Morgan fingerprint density at radius 3 is 2.93 bits per heavy atom. The van der Waals surface area contributed by atoms with Gasteiger partial charge in [-0.15, -0.1) is 0 Å². The van der Waals surface area contributed by atoms with E-state index >= 15 is 0 Å².